The summed E-state index contributed by atoms with van der Waals surface area (Å²) >= 11 is 0. The van der Waals surface area contributed by atoms with Crippen LogP contribution in [0.2, 0.25) is 0 Å². The van der Waals surface area contributed by atoms with Gasteiger partial charge in [0.05, 0.1) is 11.1 Å². The Balaban J connectivity index is 2.43. The summed E-state index contributed by atoms with van der Waals surface area (Å²) in [6.45, 7) is 0. The SMILES string of the molecule is O=C(O)c1ccc(C(=O)O)c2c1-c1cccc-2c1. The molecule has 3 rings (SSSR count). The number of hydrogen-bond donors (Lipinski definition) is 2. The molecule has 0 atom stereocenters. The van der Waals surface area contributed by atoms with Crippen LogP contribution in [0.25, 0.3) is 22.3 Å². The Hall–Kier alpha value is -2.62. The van der Waals surface area contributed by atoms with Crippen molar-refractivity contribution in [2.24, 2.45) is 0 Å². The van der Waals surface area contributed by atoms with E-state index in [-0.39, 0.29) is 11.1 Å². The normalized spacial score (nSPS) is 11.1. The van der Waals surface area contributed by atoms with Crippen LogP contribution in [0.1, 0.15) is 20.7 Å². The molecule has 0 unspecified atom stereocenters. The summed E-state index contributed by atoms with van der Waals surface area (Å²) in [4.78, 5) is 22.4. The fraction of sp³-hybridized carbons (Fsp3) is 0. The van der Waals surface area contributed by atoms with Crippen LogP contribution in [0, 0.1) is 0 Å². The minimum absolute atomic E-state index is 0.135. The summed E-state index contributed by atoms with van der Waals surface area (Å²) in [5, 5.41) is 18.4. The predicted octanol–water partition coefficient (Wildman–Crippen LogP) is 2.73. The lowest BCUT2D eigenvalue weighted by atomic mass is 9.95. The molecule has 4 nitrogen and oxygen atoms in total. The van der Waals surface area contributed by atoms with Gasteiger partial charge in [-0.15, -0.1) is 0 Å². The molecular weight excluding hydrogens is 232 g/mol. The Kier molecular flexibility index (Phi) is 2.01. The fourth-order valence-electron chi connectivity index (χ4n) is 2.39. The molecule has 0 saturated carbocycles. The van der Waals surface area contributed by atoms with Crippen molar-refractivity contribution in [3.05, 3.63) is 47.5 Å². The van der Waals surface area contributed by atoms with Crippen LogP contribution in [0.15, 0.2) is 36.4 Å². The highest BCUT2D eigenvalue weighted by atomic mass is 16.4. The van der Waals surface area contributed by atoms with Crippen molar-refractivity contribution in [1.29, 1.82) is 0 Å². The van der Waals surface area contributed by atoms with E-state index < -0.39 is 11.9 Å². The van der Waals surface area contributed by atoms with Crippen molar-refractivity contribution < 1.29 is 19.8 Å². The van der Waals surface area contributed by atoms with Gasteiger partial charge in [-0.05, 0) is 29.3 Å². The number of aromatic carboxylic acids is 2. The second-order valence-corrected chi connectivity index (χ2v) is 4.10. The monoisotopic (exact) mass is 240 g/mol. The van der Waals surface area contributed by atoms with Crippen molar-refractivity contribution in [1.82, 2.24) is 0 Å². The van der Waals surface area contributed by atoms with Crippen LogP contribution < -0.4 is 0 Å². The summed E-state index contributed by atoms with van der Waals surface area (Å²) in [7, 11) is 0. The second kappa shape index (κ2) is 3.43. The molecule has 1 aliphatic carbocycles. The fourth-order valence-corrected chi connectivity index (χ4v) is 2.39. The molecule has 4 heteroatoms. The van der Waals surface area contributed by atoms with Crippen molar-refractivity contribution in [3.63, 3.8) is 0 Å². The highest BCUT2D eigenvalue weighted by molar-refractivity contribution is 6.10. The maximum Gasteiger partial charge on any atom is 0.336 e. The van der Waals surface area contributed by atoms with Crippen molar-refractivity contribution in [2.45, 2.75) is 0 Å². The van der Waals surface area contributed by atoms with Gasteiger partial charge in [-0.25, -0.2) is 9.59 Å². The highest BCUT2D eigenvalue weighted by Crippen LogP contribution is 2.44. The first-order valence-corrected chi connectivity index (χ1v) is 5.34. The molecule has 2 aromatic carbocycles. The van der Waals surface area contributed by atoms with E-state index in [9.17, 15) is 19.8 Å². The molecule has 2 aromatic rings. The van der Waals surface area contributed by atoms with Gasteiger partial charge in [0.2, 0.25) is 0 Å². The number of fused-ring (bicyclic) bond motifs is 5. The van der Waals surface area contributed by atoms with Gasteiger partial charge in [0, 0.05) is 11.1 Å². The Morgan fingerprint density at radius 3 is 1.61 bits per heavy atom. The number of carbonyl (C=O) groups is 2. The Morgan fingerprint density at radius 2 is 1.22 bits per heavy atom. The first-order chi connectivity index (χ1) is 8.59. The molecule has 0 saturated heterocycles. The number of rotatable bonds is 2. The Labute approximate surface area is 102 Å². The Morgan fingerprint density at radius 1 is 0.778 bits per heavy atom. The summed E-state index contributed by atoms with van der Waals surface area (Å²) in [6, 6.07) is 9.87. The summed E-state index contributed by atoms with van der Waals surface area (Å²) < 4.78 is 0. The highest BCUT2D eigenvalue weighted by Gasteiger charge is 2.27. The lowest BCUT2D eigenvalue weighted by molar-refractivity contribution is 0.0682. The number of hydrogen-bond acceptors (Lipinski definition) is 2. The summed E-state index contributed by atoms with van der Waals surface area (Å²) in [6.07, 6.45) is 0. The number of carboxylic acids is 2. The average Bonchev–Trinajstić information content (AvgIpc) is 2.60. The van der Waals surface area contributed by atoms with Crippen molar-refractivity contribution in [3.8, 4) is 22.3 Å². The molecule has 0 heterocycles. The van der Waals surface area contributed by atoms with Gasteiger partial charge in [-0.3, -0.25) is 0 Å². The molecule has 0 fully saturated rings. The quantitative estimate of drug-likeness (QED) is 0.722. The van der Waals surface area contributed by atoms with E-state index in [0.29, 0.717) is 11.1 Å². The molecule has 88 valence electrons. The van der Waals surface area contributed by atoms with E-state index >= 15 is 0 Å². The minimum atomic E-state index is -1.05. The maximum atomic E-state index is 11.2. The Bertz CT molecular complexity index is 645. The molecular formula is C14H8O4. The molecule has 0 amide bonds. The molecule has 1 aliphatic rings. The number of carboxylic acid groups (broad SMARTS) is 2. The standard InChI is InChI=1S/C14H8O4/c15-13(16)9-4-5-10(14(17)18)12-8-3-1-2-7(6-8)11(9)12/h1-6H,(H,15,16)(H,17,18). The predicted molar refractivity (Wildman–Crippen MR) is 64.8 cm³/mol. The molecule has 0 aromatic heterocycles. The third-order valence-electron chi connectivity index (χ3n) is 3.11. The topological polar surface area (TPSA) is 74.6 Å². The number of benzene rings is 2. The van der Waals surface area contributed by atoms with E-state index in [1.54, 1.807) is 18.2 Å². The zero-order valence-electron chi connectivity index (χ0n) is 9.18. The minimum Gasteiger partial charge on any atom is -0.478 e. The summed E-state index contributed by atoms with van der Waals surface area (Å²) in [5.74, 6) is -2.10. The van der Waals surface area contributed by atoms with Crippen molar-refractivity contribution >= 4 is 11.9 Å². The zero-order chi connectivity index (χ0) is 12.9. The van der Waals surface area contributed by atoms with Crippen LogP contribution in [-0.4, -0.2) is 22.2 Å². The van der Waals surface area contributed by atoms with E-state index in [2.05, 4.69) is 0 Å². The first-order valence-electron chi connectivity index (χ1n) is 5.34. The van der Waals surface area contributed by atoms with Gasteiger partial charge in [0.1, 0.15) is 0 Å². The van der Waals surface area contributed by atoms with E-state index in [4.69, 9.17) is 0 Å². The van der Waals surface area contributed by atoms with E-state index in [1.807, 2.05) is 6.07 Å². The van der Waals surface area contributed by atoms with Crippen molar-refractivity contribution in [2.75, 3.05) is 0 Å². The molecule has 18 heavy (non-hydrogen) atoms. The smallest absolute Gasteiger partial charge is 0.336 e. The summed E-state index contributed by atoms with van der Waals surface area (Å²) in [5.41, 5.74) is 2.78. The van der Waals surface area contributed by atoms with Crippen LogP contribution >= 0.6 is 0 Å². The van der Waals surface area contributed by atoms with Crippen LogP contribution in [0.3, 0.4) is 0 Å². The lowest BCUT2D eigenvalue weighted by Gasteiger charge is -2.08. The van der Waals surface area contributed by atoms with Gasteiger partial charge in [0.25, 0.3) is 0 Å². The maximum absolute atomic E-state index is 11.2. The zero-order valence-corrected chi connectivity index (χ0v) is 9.18. The molecule has 2 bridgehead atoms. The average molecular weight is 240 g/mol. The largest absolute Gasteiger partial charge is 0.478 e. The van der Waals surface area contributed by atoms with Gasteiger partial charge in [-0.2, -0.15) is 0 Å². The second-order valence-electron chi connectivity index (χ2n) is 4.10. The van der Waals surface area contributed by atoms with Crippen LogP contribution in [-0.2, 0) is 0 Å². The van der Waals surface area contributed by atoms with Gasteiger partial charge < -0.3 is 10.2 Å². The lowest BCUT2D eigenvalue weighted by Crippen LogP contribution is -2.04. The molecule has 0 aliphatic heterocycles. The van der Waals surface area contributed by atoms with E-state index in [1.165, 1.54) is 12.1 Å². The third-order valence-corrected chi connectivity index (χ3v) is 3.11. The van der Waals surface area contributed by atoms with Crippen LogP contribution in [0.4, 0.5) is 0 Å². The van der Waals surface area contributed by atoms with E-state index in [0.717, 1.165) is 11.1 Å². The van der Waals surface area contributed by atoms with Crippen LogP contribution in [0.5, 0.6) is 0 Å². The first kappa shape index (κ1) is 10.5. The molecule has 0 radical (unpaired) electrons. The van der Waals surface area contributed by atoms with Gasteiger partial charge in [0.15, 0.2) is 0 Å². The third kappa shape index (κ3) is 1.26. The molecule has 2 N–H and O–H groups in total. The van der Waals surface area contributed by atoms with Gasteiger partial charge in [-0.1, -0.05) is 18.2 Å². The molecule has 0 spiro atoms. The van der Waals surface area contributed by atoms with Gasteiger partial charge >= 0.3 is 11.9 Å².